The van der Waals surface area contributed by atoms with E-state index < -0.39 is 46.8 Å². The summed E-state index contributed by atoms with van der Waals surface area (Å²) in [5.41, 5.74) is -3.11. The smallest absolute Gasteiger partial charge is 0.189 e. The standard InChI is InChI=1S/C14H18O6/c1-6-3-8-14(18,10(17)9(6)16)12(2)4-7(15)11(20-8)13(12)5-19-13/h3,7-8,10-11,15,17-18H,4-5H2,1-2H3. The third-order valence-corrected chi connectivity index (χ3v) is 5.88. The maximum atomic E-state index is 12.1. The molecule has 4 rings (SSSR count). The van der Waals surface area contributed by atoms with Crippen LogP contribution in [0, 0.1) is 5.41 Å². The first-order valence-corrected chi connectivity index (χ1v) is 6.88. The molecular formula is C14H18O6. The molecule has 6 nitrogen and oxygen atoms in total. The number of hydrogen-bond donors (Lipinski definition) is 3. The first-order valence-electron chi connectivity index (χ1n) is 6.88. The molecule has 2 heterocycles. The van der Waals surface area contributed by atoms with E-state index >= 15 is 0 Å². The highest BCUT2D eigenvalue weighted by Gasteiger charge is 2.83. The minimum absolute atomic E-state index is 0.238. The normalized spacial score (nSPS) is 60.5. The van der Waals surface area contributed by atoms with Gasteiger partial charge in [0.05, 0.1) is 12.7 Å². The maximum absolute atomic E-state index is 12.1. The van der Waals surface area contributed by atoms with Crippen LogP contribution in [-0.2, 0) is 14.3 Å². The Morgan fingerprint density at radius 3 is 2.65 bits per heavy atom. The molecule has 1 spiro atoms. The lowest BCUT2D eigenvalue weighted by Gasteiger charge is -2.55. The van der Waals surface area contributed by atoms with Crippen molar-refractivity contribution < 1.29 is 29.6 Å². The summed E-state index contributed by atoms with van der Waals surface area (Å²) >= 11 is 0. The Kier molecular flexibility index (Phi) is 2.15. The van der Waals surface area contributed by atoms with Crippen LogP contribution >= 0.6 is 0 Å². The zero-order valence-electron chi connectivity index (χ0n) is 11.4. The van der Waals surface area contributed by atoms with Gasteiger partial charge in [-0.15, -0.1) is 0 Å². The molecule has 20 heavy (non-hydrogen) atoms. The summed E-state index contributed by atoms with van der Waals surface area (Å²) in [5.74, 6) is -0.496. The number of rotatable bonds is 0. The molecule has 3 N–H and O–H groups in total. The fourth-order valence-corrected chi connectivity index (χ4v) is 4.51. The summed E-state index contributed by atoms with van der Waals surface area (Å²) in [6, 6.07) is 0. The highest BCUT2D eigenvalue weighted by Crippen LogP contribution is 2.67. The Morgan fingerprint density at radius 1 is 1.40 bits per heavy atom. The lowest BCUT2D eigenvalue weighted by Crippen LogP contribution is -2.73. The maximum Gasteiger partial charge on any atom is 0.189 e. The molecule has 0 amide bonds. The molecule has 0 aromatic carbocycles. The number of Topliss-reactive ketones (excluding diaryl/α,β-unsaturated/α-hetero) is 1. The number of aliphatic hydroxyl groups excluding tert-OH is 2. The minimum atomic E-state index is -1.77. The summed E-state index contributed by atoms with van der Waals surface area (Å²) in [7, 11) is 0. The number of carbonyl (C=O) groups excluding carboxylic acids is 1. The second-order valence-electron chi connectivity index (χ2n) is 6.70. The Hall–Kier alpha value is -0.790. The van der Waals surface area contributed by atoms with Crippen molar-refractivity contribution in [1.82, 2.24) is 0 Å². The van der Waals surface area contributed by atoms with E-state index in [2.05, 4.69) is 0 Å². The lowest BCUT2D eigenvalue weighted by molar-refractivity contribution is -0.268. The first kappa shape index (κ1) is 12.9. The van der Waals surface area contributed by atoms with Gasteiger partial charge in [0.2, 0.25) is 0 Å². The van der Waals surface area contributed by atoms with Gasteiger partial charge in [-0.05, 0) is 25.0 Å². The largest absolute Gasteiger partial charge is 0.390 e. The van der Waals surface area contributed by atoms with Crippen molar-refractivity contribution in [3.63, 3.8) is 0 Å². The van der Waals surface area contributed by atoms with Gasteiger partial charge in [0.25, 0.3) is 0 Å². The molecule has 0 aromatic rings. The second-order valence-corrected chi connectivity index (χ2v) is 6.70. The lowest BCUT2D eigenvalue weighted by atomic mass is 9.57. The molecule has 2 aliphatic heterocycles. The topological polar surface area (TPSA) is 99.5 Å². The Morgan fingerprint density at radius 2 is 2.05 bits per heavy atom. The van der Waals surface area contributed by atoms with E-state index in [0.717, 1.165) is 0 Å². The van der Waals surface area contributed by atoms with Crippen LogP contribution in [-0.4, -0.2) is 63.3 Å². The third kappa shape index (κ3) is 1.06. The van der Waals surface area contributed by atoms with Crippen LogP contribution in [0.5, 0.6) is 0 Å². The van der Waals surface area contributed by atoms with E-state index in [4.69, 9.17) is 9.47 Å². The summed E-state index contributed by atoms with van der Waals surface area (Å²) in [4.78, 5) is 12.1. The second kappa shape index (κ2) is 3.34. The number of epoxide rings is 1. The van der Waals surface area contributed by atoms with Crippen molar-refractivity contribution in [3.05, 3.63) is 11.6 Å². The van der Waals surface area contributed by atoms with Gasteiger partial charge in [-0.2, -0.15) is 0 Å². The van der Waals surface area contributed by atoms with Crippen molar-refractivity contribution in [1.29, 1.82) is 0 Å². The summed E-state index contributed by atoms with van der Waals surface area (Å²) in [6.45, 7) is 3.72. The van der Waals surface area contributed by atoms with Crippen molar-refractivity contribution in [3.8, 4) is 0 Å². The average Bonchev–Trinajstić information content (AvgIpc) is 3.15. The van der Waals surface area contributed by atoms with Gasteiger partial charge in [-0.3, -0.25) is 4.79 Å². The molecule has 0 radical (unpaired) electrons. The number of ether oxygens (including phenoxy) is 2. The molecule has 6 heteroatoms. The van der Waals surface area contributed by atoms with Crippen LogP contribution in [0.3, 0.4) is 0 Å². The van der Waals surface area contributed by atoms with E-state index in [9.17, 15) is 20.1 Å². The number of ketones is 1. The summed E-state index contributed by atoms with van der Waals surface area (Å²) in [5, 5.41) is 31.7. The molecule has 2 aliphatic carbocycles. The quantitative estimate of drug-likeness (QED) is 0.489. The number of fused-ring (bicyclic) bond motifs is 2. The first-order chi connectivity index (χ1) is 9.28. The molecule has 1 saturated carbocycles. The number of carbonyl (C=O) groups is 1. The minimum Gasteiger partial charge on any atom is -0.390 e. The zero-order chi connectivity index (χ0) is 14.5. The summed E-state index contributed by atoms with van der Waals surface area (Å²) < 4.78 is 11.3. The summed E-state index contributed by atoms with van der Waals surface area (Å²) in [6.07, 6.45) is -1.88. The van der Waals surface area contributed by atoms with Gasteiger partial charge in [0.15, 0.2) is 5.78 Å². The fourth-order valence-electron chi connectivity index (χ4n) is 4.51. The fraction of sp³-hybridized carbons (Fsp3) is 0.786. The molecule has 2 bridgehead atoms. The van der Waals surface area contributed by atoms with Gasteiger partial charge in [-0.1, -0.05) is 6.92 Å². The van der Waals surface area contributed by atoms with Crippen molar-refractivity contribution in [2.75, 3.05) is 6.61 Å². The van der Waals surface area contributed by atoms with E-state index in [1.165, 1.54) is 0 Å². The van der Waals surface area contributed by atoms with Gasteiger partial charge in [0, 0.05) is 5.41 Å². The van der Waals surface area contributed by atoms with Gasteiger partial charge >= 0.3 is 0 Å². The highest BCUT2D eigenvalue weighted by atomic mass is 16.6. The molecule has 0 aromatic heterocycles. The number of hydrogen-bond acceptors (Lipinski definition) is 6. The van der Waals surface area contributed by atoms with Crippen molar-refractivity contribution in [2.45, 2.75) is 55.9 Å². The average molecular weight is 282 g/mol. The van der Waals surface area contributed by atoms with Crippen LogP contribution in [0.15, 0.2) is 11.6 Å². The van der Waals surface area contributed by atoms with Crippen LogP contribution in [0.25, 0.3) is 0 Å². The molecule has 110 valence electrons. The molecule has 4 aliphatic rings. The van der Waals surface area contributed by atoms with E-state index in [1.807, 2.05) is 0 Å². The van der Waals surface area contributed by atoms with Gasteiger partial charge < -0.3 is 24.8 Å². The molecule has 3 fully saturated rings. The van der Waals surface area contributed by atoms with E-state index in [1.54, 1.807) is 19.9 Å². The number of aliphatic hydroxyl groups is 3. The van der Waals surface area contributed by atoms with E-state index in [0.29, 0.717) is 12.2 Å². The highest BCUT2D eigenvalue weighted by molar-refractivity contribution is 6.00. The predicted octanol–water partition coefficient (Wildman–Crippen LogP) is -1.09. The van der Waals surface area contributed by atoms with Gasteiger partial charge in [0.1, 0.15) is 29.5 Å². The Bertz CT molecular complexity index is 538. The van der Waals surface area contributed by atoms with Crippen molar-refractivity contribution >= 4 is 5.78 Å². The molecule has 7 atom stereocenters. The molecular weight excluding hydrogens is 264 g/mol. The molecule has 2 saturated heterocycles. The van der Waals surface area contributed by atoms with Crippen LogP contribution < -0.4 is 0 Å². The zero-order valence-corrected chi connectivity index (χ0v) is 11.4. The monoisotopic (exact) mass is 282 g/mol. The predicted molar refractivity (Wildman–Crippen MR) is 65.8 cm³/mol. The van der Waals surface area contributed by atoms with Gasteiger partial charge in [-0.25, -0.2) is 0 Å². The third-order valence-electron chi connectivity index (χ3n) is 5.88. The van der Waals surface area contributed by atoms with Crippen LogP contribution in [0.1, 0.15) is 20.3 Å². The Balaban J connectivity index is 1.92. The Labute approximate surface area is 116 Å². The van der Waals surface area contributed by atoms with E-state index in [-0.39, 0.29) is 6.42 Å². The van der Waals surface area contributed by atoms with Crippen LogP contribution in [0.4, 0.5) is 0 Å². The molecule has 7 unspecified atom stereocenters. The SMILES string of the molecule is CC1=CC2OC3C(O)CC(C)(C34CO4)C2(O)C(O)C1=O. The van der Waals surface area contributed by atoms with Crippen molar-refractivity contribution in [2.24, 2.45) is 5.41 Å². The van der Waals surface area contributed by atoms with Crippen LogP contribution in [0.2, 0.25) is 0 Å².